The van der Waals surface area contributed by atoms with E-state index >= 15 is 0 Å². The van der Waals surface area contributed by atoms with Gasteiger partial charge < -0.3 is 4.74 Å². The molecule has 0 amide bonds. The molecule has 0 aromatic heterocycles. The minimum atomic E-state index is -4.67. The van der Waals surface area contributed by atoms with Gasteiger partial charge in [0.15, 0.2) is 0 Å². The van der Waals surface area contributed by atoms with Crippen LogP contribution in [0.2, 0.25) is 0 Å². The van der Waals surface area contributed by atoms with E-state index in [1.807, 2.05) is 0 Å². The fraction of sp³-hybridized carbons (Fsp3) is 0.417. The van der Waals surface area contributed by atoms with Gasteiger partial charge in [0.05, 0.1) is 18.3 Å². The first-order valence-electron chi connectivity index (χ1n) is 5.38. The number of hydrogen-bond acceptors (Lipinski definition) is 2. The Balaban J connectivity index is 2.45. The molecule has 0 radical (unpaired) electrons. The van der Waals surface area contributed by atoms with E-state index in [4.69, 9.17) is 4.74 Å². The predicted molar refractivity (Wildman–Crippen MR) is 54.3 cm³/mol. The third kappa shape index (κ3) is 2.53. The summed E-state index contributed by atoms with van der Waals surface area (Å²) in [5.74, 6) is -1.22. The van der Waals surface area contributed by atoms with E-state index in [9.17, 15) is 22.4 Å². The van der Waals surface area contributed by atoms with Crippen LogP contribution in [0.4, 0.5) is 17.6 Å². The van der Waals surface area contributed by atoms with Crippen molar-refractivity contribution in [1.82, 2.24) is 0 Å². The van der Waals surface area contributed by atoms with Crippen LogP contribution in [0.3, 0.4) is 0 Å². The molecule has 18 heavy (non-hydrogen) atoms. The summed E-state index contributed by atoms with van der Waals surface area (Å²) in [6.07, 6.45) is -5.87. The lowest BCUT2D eigenvalue weighted by atomic mass is 9.95. The van der Waals surface area contributed by atoms with Crippen molar-refractivity contribution >= 4 is 5.78 Å². The molecule has 0 spiro atoms. The van der Waals surface area contributed by atoms with E-state index in [2.05, 4.69) is 0 Å². The van der Waals surface area contributed by atoms with Crippen LogP contribution >= 0.6 is 0 Å². The number of hydrogen-bond donors (Lipinski definition) is 0. The molecule has 1 aliphatic rings. The number of halogens is 4. The van der Waals surface area contributed by atoms with Gasteiger partial charge in [-0.25, -0.2) is 4.39 Å². The van der Waals surface area contributed by atoms with Crippen LogP contribution < -0.4 is 0 Å². The molecule has 0 saturated carbocycles. The zero-order valence-electron chi connectivity index (χ0n) is 9.26. The zero-order chi connectivity index (χ0) is 13.3. The topological polar surface area (TPSA) is 26.3 Å². The van der Waals surface area contributed by atoms with E-state index in [0.29, 0.717) is 0 Å². The van der Waals surface area contributed by atoms with E-state index in [-0.39, 0.29) is 25.2 Å². The molecule has 2 rings (SSSR count). The highest BCUT2D eigenvalue weighted by Crippen LogP contribution is 2.39. The summed E-state index contributed by atoms with van der Waals surface area (Å²) < 4.78 is 57.0. The van der Waals surface area contributed by atoms with Gasteiger partial charge in [-0.15, -0.1) is 0 Å². The van der Waals surface area contributed by atoms with Gasteiger partial charge in [-0.3, -0.25) is 4.79 Å². The number of ether oxygens (including phenoxy) is 1. The molecule has 0 N–H and O–H groups in total. The van der Waals surface area contributed by atoms with Crippen molar-refractivity contribution in [3.63, 3.8) is 0 Å². The van der Waals surface area contributed by atoms with Crippen LogP contribution in [-0.4, -0.2) is 12.4 Å². The Bertz CT molecular complexity index is 468. The molecule has 1 heterocycles. The van der Waals surface area contributed by atoms with E-state index in [1.54, 1.807) is 0 Å². The van der Waals surface area contributed by atoms with Gasteiger partial charge in [-0.05, 0) is 12.1 Å². The summed E-state index contributed by atoms with van der Waals surface area (Å²) in [5.41, 5.74) is -1.65. The Morgan fingerprint density at radius 2 is 2.00 bits per heavy atom. The standard InChI is InChI=1S/C12H10F4O2/c13-9-3-1-2-8(12(14,15)16)11(9)10-6-7(17)4-5-18-10/h1-3,10H,4-6H2. The molecule has 2 nitrogen and oxygen atoms in total. The van der Waals surface area contributed by atoms with Gasteiger partial charge in [0.2, 0.25) is 0 Å². The molecule has 6 heteroatoms. The maximum absolute atomic E-state index is 13.6. The molecule has 0 bridgehead atoms. The van der Waals surface area contributed by atoms with Crippen LogP contribution in [0.15, 0.2) is 18.2 Å². The second-order valence-corrected chi connectivity index (χ2v) is 4.05. The van der Waals surface area contributed by atoms with Gasteiger partial charge >= 0.3 is 6.18 Å². The first kappa shape index (κ1) is 13.0. The van der Waals surface area contributed by atoms with Crippen LogP contribution in [-0.2, 0) is 15.7 Å². The fourth-order valence-electron chi connectivity index (χ4n) is 1.98. The Hall–Kier alpha value is -1.43. The van der Waals surface area contributed by atoms with E-state index in [1.165, 1.54) is 0 Å². The predicted octanol–water partition coefficient (Wildman–Crippen LogP) is 3.27. The van der Waals surface area contributed by atoms with Crippen molar-refractivity contribution < 1.29 is 27.1 Å². The molecule has 1 aromatic carbocycles. The average molecular weight is 262 g/mol. The van der Waals surface area contributed by atoms with Gasteiger partial charge in [0.25, 0.3) is 0 Å². The summed E-state index contributed by atoms with van der Waals surface area (Å²) >= 11 is 0. The van der Waals surface area contributed by atoms with Gasteiger partial charge in [-0.2, -0.15) is 13.2 Å². The molecule has 98 valence electrons. The molecular formula is C12H10F4O2. The van der Waals surface area contributed by atoms with Gasteiger partial charge in [0, 0.05) is 18.4 Å². The van der Waals surface area contributed by atoms with Crippen molar-refractivity contribution in [1.29, 1.82) is 0 Å². The quantitative estimate of drug-likeness (QED) is 0.726. The molecule has 1 fully saturated rings. The SMILES string of the molecule is O=C1CCOC(c2c(F)cccc2C(F)(F)F)C1. The molecule has 1 saturated heterocycles. The van der Waals surface area contributed by atoms with Gasteiger partial charge in [0.1, 0.15) is 11.6 Å². The Labute approximate surface area is 101 Å². The molecule has 1 aliphatic heterocycles. The van der Waals surface area contributed by atoms with Crippen molar-refractivity contribution in [2.75, 3.05) is 6.61 Å². The number of alkyl halides is 3. The largest absolute Gasteiger partial charge is 0.416 e. The van der Waals surface area contributed by atoms with Crippen LogP contribution in [0.1, 0.15) is 30.1 Å². The highest BCUT2D eigenvalue weighted by Gasteiger charge is 2.38. The minimum Gasteiger partial charge on any atom is -0.372 e. The Morgan fingerprint density at radius 3 is 2.61 bits per heavy atom. The van der Waals surface area contributed by atoms with Crippen molar-refractivity contribution in [3.05, 3.63) is 35.1 Å². The number of carbonyl (C=O) groups excluding carboxylic acids is 1. The maximum Gasteiger partial charge on any atom is 0.416 e. The molecule has 1 atom stereocenters. The summed E-state index contributed by atoms with van der Waals surface area (Å²) in [4.78, 5) is 11.2. The van der Waals surface area contributed by atoms with Crippen molar-refractivity contribution in [2.24, 2.45) is 0 Å². The number of ketones is 1. The second kappa shape index (κ2) is 4.68. The van der Waals surface area contributed by atoms with E-state index < -0.39 is 29.2 Å². The first-order chi connectivity index (χ1) is 8.39. The Morgan fingerprint density at radius 1 is 1.28 bits per heavy atom. The summed E-state index contributed by atoms with van der Waals surface area (Å²) in [6.45, 7) is 0.0229. The van der Waals surface area contributed by atoms with Gasteiger partial charge in [-0.1, -0.05) is 6.07 Å². The number of benzene rings is 1. The highest BCUT2D eigenvalue weighted by molar-refractivity contribution is 5.79. The second-order valence-electron chi connectivity index (χ2n) is 4.05. The van der Waals surface area contributed by atoms with Crippen molar-refractivity contribution in [2.45, 2.75) is 25.1 Å². The minimum absolute atomic E-state index is 0.0229. The van der Waals surface area contributed by atoms with Crippen LogP contribution in [0.5, 0.6) is 0 Å². The molecule has 1 aromatic rings. The number of Topliss-reactive ketones (excluding diaryl/α,β-unsaturated/α-hetero) is 1. The average Bonchev–Trinajstić information content (AvgIpc) is 2.27. The third-order valence-electron chi connectivity index (χ3n) is 2.79. The lowest BCUT2D eigenvalue weighted by Gasteiger charge is -2.25. The normalized spacial score (nSPS) is 21.1. The Kier molecular flexibility index (Phi) is 3.38. The fourth-order valence-corrected chi connectivity index (χ4v) is 1.98. The smallest absolute Gasteiger partial charge is 0.372 e. The lowest BCUT2D eigenvalue weighted by molar-refractivity contribution is -0.142. The van der Waals surface area contributed by atoms with Crippen LogP contribution in [0, 0.1) is 5.82 Å². The molecule has 1 unspecified atom stereocenters. The lowest BCUT2D eigenvalue weighted by Crippen LogP contribution is -2.23. The number of rotatable bonds is 1. The monoisotopic (exact) mass is 262 g/mol. The molecular weight excluding hydrogens is 252 g/mol. The third-order valence-corrected chi connectivity index (χ3v) is 2.79. The summed E-state index contributed by atoms with van der Waals surface area (Å²) in [6, 6.07) is 2.72. The highest BCUT2D eigenvalue weighted by atomic mass is 19.4. The summed E-state index contributed by atoms with van der Waals surface area (Å²) in [5, 5.41) is 0. The van der Waals surface area contributed by atoms with Crippen molar-refractivity contribution in [3.8, 4) is 0 Å². The van der Waals surface area contributed by atoms with Crippen LogP contribution in [0.25, 0.3) is 0 Å². The maximum atomic E-state index is 13.6. The number of carbonyl (C=O) groups is 1. The first-order valence-corrected chi connectivity index (χ1v) is 5.38. The zero-order valence-corrected chi connectivity index (χ0v) is 9.26. The molecule has 0 aliphatic carbocycles. The van der Waals surface area contributed by atoms with E-state index in [0.717, 1.165) is 18.2 Å². The summed E-state index contributed by atoms with van der Waals surface area (Å²) in [7, 11) is 0.